The molecule has 2 fully saturated rings. The van der Waals surface area contributed by atoms with Gasteiger partial charge in [-0.15, -0.1) is 0 Å². The van der Waals surface area contributed by atoms with Crippen molar-refractivity contribution in [3.63, 3.8) is 0 Å². The van der Waals surface area contributed by atoms with Gasteiger partial charge in [-0.3, -0.25) is 19.5 Å². The number of fused-ring (bicyclic) bond motifs is 1. The summed E-state index contributed by atoms with van der Waals surface area (Å²) in [5.41, 5.74) is 2.08. The Hall–Kier alpha value is -3.20. The Bertz CT molecular complexity index is 1090. The maximum atomic E-state index is 14.3. The molecule has 166 valence electrons. The van der Waals surface area contributed by atoms with Gasteiger partial charge in [0.2, 0.25) is 0 Å². The number of aliphatic imine (C=N–C) groups is 2. The van der Waals surface area contributed by atoms with Gasteiger partial charge < -0.3 is 10.1 Å². The highest BCUT2D eigenvalue weighted by Gasteiger charge is 2.28. The number of carbonyl (C=O) groups is 2. The second-order valence-corrected chi connectivity index (χ2v) is 8.65. The summed E-state index contributed by atoms with van der Waals surface area (Å²) in [4.78, 5) is 38.7. The zero-order valence-corrected chi connectivity index (χ0v) is 17.8. The Kier molecular flexibility index (Phi) is 5.42. The monoisotopic (exact) mass is 437 g/mol. The van der Waals surface area contributed by atoms with Crippen LogP contribution in [0.4, 0.5) is 4.39 Å². The van der Waals surface area contributed by atoms with Gasteiger partial charge in [-0.05, 0) is 43.9 Å². The number of likely N-dealkylation sites (tertiary alicyclic amines) is 1. The highest BCUT2D eigenvalue weighted by atomic mass is 19.1. The third-order valence-electron chi connectivity index (χ3n) is 5.89. The predicted molar refractivity (Wildman–Crippen MR) is 117 cm³/mol. The Morgan fingerprint density at radius 1 is 1.34 bits per heavy atom. The second-order valence-electron chi connectivity index (χ2n) is 8.65. The first-order valence-electron chi connectivity index (χ1n) is 10.8. The molecule has 32 heavy (non-hydrogen) atoms. The lowest BCUT2D eigenvalue weighted by atomic mass is 10.00. The summed E-state index contributed by atoms with van der Waals surface area (Å²) in [6, 6.07) is 1.19. The molecule has 5 rings (SSSR count). The number of halogens is 1. The molecule has 4 aliphatic rings. The van der Waals surface area contributed by atoms with Crippen LogP contribution >= 0.6 is 0 Å². The fraction of sp³-hybridized carbons (Fsp3) is 0.435. The molecule has 2 atom stereocenters. The topological polar surface area (TPSA) is 96.2 Å². The summed E-state index contributed by atoms with van der Waals surface area (Å²) in [5.74, 6) is -1.06. The molecule has 0 aromatic carbocycles. The lowest BCUT2D eigenvalue weighted by molar-refractivity contribution is -0.114. The van der Waals surface area contributed by atoms with Crippen LogP contribution in [0, 0.1) is 5.82 Å². The van der Waals surface area contributed by atoms with Crippen LogP contribution in [-0.2, 0) is 4.79 Å². The van der Waals surface area contributed by atoms with Gasteiger partial charge in [0.15, 0.2) is 11.5 Å². The number of dihydropyridines is 2. The molecule has 1 saturated carbocycles. The van der Waals surface area contributed by atoms with Crippen LogP contribution in [0.1, 0.15) is 36.7 Å². The van der Waals surface area contributed by atoms with Crippen molar-refractivity contribution >= 4 is 23.7 Å². The minimum atomic E-state index is -0.680. The van der Waals surface area contributed by atoms with Crippen LogP contribution in [0.3, 0.4) is 0 Å². The molecule has 9 heteroatoms. The van der Waals surface area contributed by atoms with Crippen molar-refractivity contribution in [2.45, 2.75) is 44.4 Å². The first kappa shape index (κ1) is 20.7. The van der Waals surface area contributed by atoms with E-state index in [1.807, 2.05) is 18.4 Å². The molecule has 1 aliphatic carbocycles. The third kappa shape index (κ3) is 4.52. The predicted octanol–water partition coefficient (Wildman–Crippen LogP) is 1.87. The van der Waals surface area contributed by atoms with Gasteiger partial charge in [0.05, 0.1) is 11.9 Å². The van der Waals surface area contributed by atoms with Crippen molar-refractivity contribution < 1.29 is 18.7 Å². The van der Waals surface area contributed by atoms with Crippen molar-refractivity contribution in [3.8, 4) is 5.75 Å². The minimum Gasteiger partial charge on any atom is -0.487 e. The molecule has 0 bridgehead atoms. The van der Waals surface area contributed by atoms with E-state index in [1.165, 1.54) is 12.3 Å². The molecule has 1 aromatic heterocycles. The Balaban J connectivity index is 1.16. The summed E-state index contributed by atoms with van der Waals surface area (Å²) in [6.45, 7) is 3.91. The summed E-state index contributed by atoms with van der Waals surface area (Å²) in [7, 11) is 0. The molecule has 1 aromatic rings. The third-order valence-corrected chi connectivity index (χ3v) is 5.89. The SMILES string of the molecule is CC1=CC2N=CC(CN3CC[C@@H](Oc4cnc(C(=O)NC5CC5)c(F)c4)C3)=CC2=NC1=O. The lowest BCUT2D eigenvalue weighted by Crippen LogP contribution is -2.30. The zero-order valence-electron chi connectivity index (χ0n) is 17.8. The molecule has 3 aliphatic heterocycles. The quantitative estimate of drug-likeness (QED) is 0.733. The first-order chi connectivity index (χ1) is 15.4. The van der Waals surface area contributed by atoms with E-state index in [-0.39, 0.29) is 29.8 Å². The molecule has 1 unspecified atom stereocenters. The van der Waals surface area contributed by atoms with E-state index >= 15 is 0 Å². The van der Waals surface area contributed by atoms with E-state index in [2.05, 4.69) is 25.2 Å². The highest BCUT2D eigenvalue weighted by molar-refractivity contribution is 6.16. The molecule has 2 amide bonds. The fourth-order valence-electron chi connectivity index (χ4n) is 4.01. The summed E-state index contributed by atoms with van der Waals surface area (Å²) < 4.78 is 20.3. The van der Waals surface area contributed by atoms with Crippen LogP contribution in [0.5, 0.6) is 5.75 Å². The molecule has 4 heterocycles. The standard InChI is InChI=1S/C23H24FN5O3/c1-13-6-19-20(28-22(13)30)7-14(9-25-19)11-29-5-4-16(12-29)32-17-8-18(24)21(26-10-17)23(31)27-15-2-3-15/h6-10,15-16,19H,2-5,11-12H2,1H3,(H,27,31)/t16-,19?/m1/s1. The number of nitrogens with one attached hydrogen (secondary N) is 1. The van der Waals surface area contributed by atoms with E-state index < -0.39 is 11.7 Å². The number of hydrogen-bond acceptors (Lipinski definition) is 6. The van der Waals surface area contributed by atoms with Crippen molar-refractivity contribution in [3.05, 3.63) is 47.1 Å². The minimum absolute atomic E-state index is 0.101. The van der Waals surface area contributed by atoms with E-state index in [9.17, 15) is 14.0 Å². The number of ether oxygens (including phenoxy) is 1. The second kappa shape index (κ2) is 8.38. The Labute approximate surface area is 185 Å². The molecule has 0 spiro atoms. The van der Waals surface area contributed by atoms with E-state index in [0.717, 1.165) is 31.4 Å². The average molecular weight is 437 g/mol. The smallest absolute Gasteiger partial charge is 0.273 e. The molecular formula is C23H24FN5O3. The number of nitrogens with zero attached hydrogens (tertiary/aromatic N) is 4. The summed E-state index contributed by atoms with van der Waals surface area (Å²) in [5, 5.41) is 2.74. The fourth-order valence-corrected chi connectivity index (χ4v) is 4.01. The first-order valence-corrected chi connectivity index (χ1v) is 10.8. The highest BCUT2D eigenvalue weighted by Crippen LogP contribution is 2.23. The van der Waals surface area contributed by atoms with Gasteiger partial charge in [-0.1, -0.05) is 0 Å². The van der Waals surface area contributed by atoms with Crippen molar-refractivity contribution in [1.29, 1.82) is 0 Å². The molecule has 1 N–H and O–H groups in total. The van der Waals surface area contributed by atoms with E-state index in [4.69, 9.17) is 4.74 Å². The molecule has 8 nitrogen and oxygen atoms in total. The van der Waals surface area contributed by atoms with Gasteiger partial charge in [0.1, 0.15) is 17.9 Å². The Morgan fingerprint density at radius 3 is 2.97 bits per heavy atom. The number of hydrogen-bond donors (Lipinski definition) is 1. The van der Waals surface area contributed by atoms with Gasteiger partial charge >= 0.3 is 0 Å². The van der Waals surface area contributed by atoms with Crippen molar-refractivity contribution in [1.82, 2.24) is 15.2 Å². The van der Waals surface area contributed by atoms with Crippen LogP contribution in [0.2, 0.25) is 0 Å². The maximum absolute atomic E-state index is 14.3. The number of aromatic nitrogens is 1. The van der Waals surface area contributed by atoms with Crippen LogP contribution in [0.15, 0.2) is 45.5 Å². The van der Waals surface area contributed by atoms with Gasteiger partial charge in [-0.2, -0.15) is 0 Å². The number of pyridine rings is 1. The molecule has 1 saturated heterocycles. The zero-order chi connectivity index (χ0) is 22.2. The normalized spacial score (nSPS) is 25.1. The van der Waals surface area contributed by atoms with Gasteiger partial charge in [0, 0.05) is 43.5 Å². The number of carbonyl (C=O) groups excluding carboxylic acids is 2. The van der Waals surface area contributed by atoms with Gasteiger partial charge in [0.25, 0.3) is 11.8 Å². The molecule has 0 radical (unpaired) electrons. The number of amides is 2. The van der Waals surface area contributed by atoms with Crippen LogP contribution in [-0.4, -0.2) is 71.4 Å². The van der Waals surface area contributed by atoms with E-state index in [1.54, 1.807) is 6.92 Å². The summed E-state index contributed by atoms with van der Waals surface area (Å²) >= 11 is 0. The Morgan fingerprint density at radius 2 is 2.19 bits per heavy atom. The summed E-state index contributed by atoms with van der Waals surface area (Å²) in [6.07, 6.45) is 9.55. The van der Waals surface area contributed by atoms with Crippen molar-refractivity contribution in [2.24, 2.45) is 9.98 Å². The van der Waals surface area contributed by atoms with Crippen LogP contribution in [0.25, 0.3) is 0 Å². The average Bonchev–Trinajstić information content (AvgIpc) is 3.46. The van der Waals surface area contributed by atoms with Gasteiger partial charge in [-0.25, -0.2) is 14.4 Å². The lowest BCUT2D eigenvalue weighted by Gasteiger charge is -2.22. The molecular weight excluding hydrogens is 413 g/mol. The van der Waals surface area contributed by atoms with E-state index in [0.29, 0.717) is 30.1 Å². The maximum Gasteiger partial charge on any atom is 0.273 e. The number of rotatable bonds is 6. The van der Waals surface area contributed by atoms with Crippen LogP contribution < -0.4 is 10.1 Å². The largest absolute Gasteiger partial charge is 0.487 e. The van der Waals surface area contributed by atoms with Crippen molar-refractivity contribution in [2.75, 3.05) is 19.6 Å².